The van der Waals surface area contributed by atoms with Crippen molar-refractivity contribution in [3.63, 3.8) is 0 Å². The summed E-state index contributed by atoms with van der Waals surface area (Å²) in [7, 11) is 0. The van der Waals surface area contributed by atoms with E-state index in [0.717, 1.165) is 0 Å². The Morgan fingerprint density at radius 1 is 0.250 bits per heavy atom. The van der Waals surface area contributed by atoms with Crippen LogP contribution in [-0.4, -0.2) is 0 Å². The molecule has 0 aromatic heterocycles. The molecule has 4 heteroatoms. The van der Waals surface area contributed by atoms with Gasteiger partial charge in [-0.2, -0.15) is 0 Å². The molecule has 2 aliphatic rings. The Hall–Kier alpha value is -1.72. The van der Waals surface area contributed by atoms with Crippen LogP contribution in [0, 0.1) is 0 Å². The summed E-state index contributed by atoms with van der Waals surface area (Å²) in [5, 5.41) is 0. The van der Waals surface area contributed by atoms with Crippen LogP contribution in [-0.2, 0) is 0 Å². The van der Waals surface area contributed by atoms with Crippen LogP contribution in [0.25, 0.3) is 0 Å². The number of hydrogen-bond donors (Lipinski definition) is 0. The molecule has 4 aromatic rings. The highest BCUT2D eigenvalue weighted by molar-refractivity contribution is 8.05. The Balaban J connectivity index is 0.000000122. The van der Waals surface area contributed by atoms with Crippen molar-refractivity contribution in [3.8, 4) is 0 Å². The molecule has 6 rings (SSSR count). The Kier molecular flexibility index (Phi) is 5.45. The maximum atomic E-state index is 2.18. The summed E-state index contributed by atoms with van der Waals surface area (Å²) in [5.74, 6) is 0. The van der Waals surface area contributed by atoms with Gasteiger partial charge >= 0.3 is 0 Å². The van der Waals surface area contributed by atoms with E-state index in [1.54, 1.807) is 0 Å². The monoisotopic (exact) mass is 432 g/mol. The average Bonchev–Trinajstić information content (AvgIpc) is 2.76. The standard InChI is InChI=1S/2C12H8S2/c2*1-2-6-10-9(5-1)13-11-7-3-4-8-12(11)14-10/h2*1-8H. The molecule has 0 spiro atoms. The third-order valence-electron chi connectivity index (χ3n) is 4.28. The topological polar surface area (TPSA) is 0 Å². The van der Waals surface area contributed by atoms with Gasteiger partial charge in [0.1, 0.15) is 0 Å². The van der Waals surface area contributed by atoms with Crippen molar-refractivity contribution in [2.45, 2.75) is 39.2 Å². The number of rotatable bonds is 0. The summed E-state index contributed by atoms with van der Waals surface area (Å²) in [4.78, 5) is 11.0. The summed E-state index contributed by atoms with van der Waals surface area (Å²) >= 11 is 7.45. The summed E-state index contributed by atoms with van der Waals surface area (Å²) in [6.07, 6.45) is 0. The molecular weight excluding hydrogens is 417 g/mol. The van der Waals surface area contributed by atoms with Crippen molar-refractivity contribution in [3.05, 3.63) is 97.1 Å². The van der Waals surface area contributed by atoms with Crippen molar-refractivity contribution >= 4 is 47.0 Å². The zero-order chi connectivity index (χ0) is 18.8. The smallest absolute Gasteiger partial charge is 0.0262 e. The predicted octanol–water partition coefficient (Wildman–Crippen LogP) is 8.60. The molecule has 0 N–H and O–H groups in total. The van der Waals surface area contributed by atoms with Gasteiger partial charge in [-0.25, -0.2) is 0 Å². The van der Waals surface area contributed by atoms with E-state index in [0.29, 0.717) is 0 Å². The Morgan fingerprint density at radius 3 is 0.536 bits per heavy atom. The molecule has 0 aliphatic carbocycles. The fraction of sp³-hybridized carbons (Fsp3) is 0. The van der Waals surface area contributed by atoms with Crippen LogP contribution in [0.4, 0.5) is 0 Å². The van der Waals surface area contributed by atoms with E-state index in [2.05, 4.69) is 97.1 Å². The fourth-order valence-corrected chi connectivity index (χ4v) is 7.42. The maximum Gasteiger partial charge on any atom is 0.0262 e. The quantitative estimate of drug-likeness (QED) is 0.235. The molecule has 2 aliphatic heterocycles. The van der Waals surface area contributed by atoms with Crippen LogP contribution in [0.15, 0.2) is 136 Å². The Morgan fingerprint density at radius 2 is 0.393 bits per heavy atom. The highest BCUT2D eigenvalue weighted by Gasteiger charge is 2.15. The zero-order valence-corrected chi connectivity index (χ0v) is 18.1. The molecule has 0 bridgehead atoms. The van der Waals surface area contributed by atoms with Gasteiger partial charge in [-0.15, -0.1) is 0 Å². The number of hydrogen-bond acceptors (Lipinski definition) is 4. The lowest BCUT2D eigenvalue weighted by Gasteiger charge is -2.17. The second-order valence-electron chi connectivity index (χ2n) is 6.20. The number of fused-ring (bicyclic) bond motifs is 4. The van der Waals surface area contributed by atoms with Crippen molar-refractivity contribution in [1.29, 1.82) is 0 Å². The van der Waals surface area contributed by atoms with E-state index in [9.17, 15) is 0 Å². The van der Waals surface area contributed by atoms with Crippen molar-refractivity contribution in [2.24, 2.45) is 0 Å². The van der Waals surface area contributed by atoms with Gasteiger partial charge in [-0.1, -0.05) is 95.6 Å². The molecule has 0 saturated heterocycles. The van der Waals surface area contributed by atoms with Gasteiger partial charge in [-0.3, -0.25) is 0 Å². The first kappa shape index (κ1) is 18.3. The van der Waals surface area contributed by atoms with Crippen molar-refractivity contribution in [2.75, 3.05) is 0 Å². The van der Waals surface area contributed by atoms with E-state index in [1.165, 1.54) is 39.2 Å². The van der Waals surface area contributed by atoms with E-state index in [4.69, 9.17) is 0 Å². The van der Waals surface area contributed by atoms with Gasteiger partial charge in [-0.05, 0) is 48.5 Å². The third kappa shape index (κ3) is 3.87. The molecule has 0 saturated carbocycles. The van der Waals surface area contributed by atoms with Crippen LogP contribution in [0.3, 0.4) is 0 Å². The lowest BCUT2D eigenvalue weighted by atomic mass is 10.3. The summed E-state index contributed by atoms with van der Waals surface area (Å²) in [6.45, 7) is 0. The average molecular weight is 433 g/mol. The molecule has 0 atom stereocenters. The minimum atomic E-state index is 1.37. The van der Waals surface area contributed by atoms with Gasteiger partial charge in [0.05, 0.1) is 0 Å². The molecule has 0 unspecified atom stereocenters. The molecule has 0 radical (unpaired) electrons. The lowest BCUT2D eigenvalue weighted by Crippen LogP contribution is -1.87. The highest BCUT2D eigenvalue weighted by atomic mass is 32.2. The van der Waals surface area contributed by atoms with E-state index >= 15 is 0 Å². The molecule has 0 fully saturated rings. The highest BCUT2D eigenvalue weighted by Crippen LogP contribution is 2.48. The predicted molar refractivity (Wildman–Crippen MR) is 122 cm³/mol. The minimum Gasteiger partial charge on any atom is -0.0877 e. The lowest BCUT2D eigenvalue weighted by molar-refractivity contribution is 1.16. The van der Waals surface area contributed by atoms with E-state index in [-0.39, 0.29) is 0 Å². The fourth-order valence-electron chi connectivity index (χ4n) is 2.95. The molecule has 28 heavy (non-hydrogen) atoms. The van der Waals surface area contributed by atoms with Gasteiger partial charge < -0.3 is 0 Å². The SMILES string of the molecule is c1ccc2c(c1)Sc1ccccc1S2.c1ccc2c(c1)Sc1ccccc1S2. The molecule has 0 nitrogen and oxygen atoms in total. The second-order valence-corrected chi connectivity index (χ2v) is 10.5. The Labute approximate surface area is 182 Å². The van der Waals surface area contributed by atoms with Crippen LogP contribution >= 0.6 is 47.0 Å². The first-order valence-corrected chi connectivity index (χ1v) is 12.2. The molecule has 0 amide bonds. The van der Waals surface area contributed by atoms with Gasteiger partial charge in [0.2, 0.25) is 0 Å². The molecule has 4 aromatic carbocycles. The first-order valence-electron chi connectivity index (χ1n) is 8.94. The van der Waals surface area contributed by atoms with Gasteiger partial charge in [0, 0.05) is 39.2 Å². The van der Waals surface area contributed by atoms with Crippen LogP contribution in [0.1, 0.15) is 0 Å². The first-order chi connectivity index (χ1) is 13.9. The Bertz CT molecular complexity index is 871. The summed E-state index contributed by atoms with van der Waals surface area (Å²) < 4.78 is 0. The van der Waals surface area contributed by atoms with Gasteiger partial charge in [0.15, 0.2) is 0 Å². The minimum absolute atomic E-state index is 1.37. The molecule has 136 valence electrons. The van der Waals surface area contributed by atoms with Crippen LogP contribution in [0.2, 0.25) is 0 Å². The molecular formula is C24H16S4. The summed E-state index contributed by atoms with van der Waals surface area (Å²) in [6, 6.07) is 34.2. The van der Waals surface area contributed by atoms with E-state index < -0.39 is 0 Å². The van der Waals surface area contributed by atoms with Crippen molar-refractivity contribution in [1.82, 2.24) is 0 Å². The normalized spacial score (nSPS) is 13.1. The molecule has 2 heterocycles. The largest absolute Gasteiger partial charge is 0.0877 e. The maximum absolute atomic E-state index is 2.18. The van der Waals surface area contributed by atoms with E-state index in [1.807, 2.05) is 47.0 Å². The summed E-state index contributed by atoms with van der Waals surface area (Å²) in [5.41, 5.74) is 0. The number of benzene rings is 4. The second kappa shape index (κ2) is 8.34. The van der Waals surface area contributed by atoms with Crippen LogP contribution in [0.5, 0.6) is 0 Å². The third-order valence-corrected chi connectivity index (χ3v) is 9.40. The van der Waals surface area contributed by atoms with Crippen LogP contribution < -0.4 is 0 Å². The zero-order valence-electron chi connectivity index (χ0n) is 14.9. The van der Waals surface area contributed by atoms with Gasteiger partial charge in [0.25, 0.3) is 0 Å². The van der Waals surface area contributed by atoms with Crippen molar-refractivity contribution < 1.29 is 0 Å².